The predicted octanol–water partition coefficient (Wildman–Crippen LogP) is 4.87. The number of ether oxygens (including phenoxy) is 1. The van der Waals surface area contributed by atoms with Crippen LogP contribution in [0.3, 0.4) is 0 Å². The molecule has 2 heterocycles. The monoisotopic (exact) mass is 503 g/mol. The second-order valence-electron chi connectivity index (χ2n) is 10.4. The Labute approximate surface area is 217 Å². The van der Waals surface area contributed by atoms with Crippen molar-refractivity contribution in [2.24, 2.45) is 5.41 Å². The third-order valence-electron chi connectivity index (χ3n) is 6.50. The summed E-state index contributed by atoms with van der Waals surface area (Å²) in [6.07, 6.45) is 2.33. The summed E-state index contributed by atoms with van der Waals surface area (Å²) in [5.74, 6) is -0.0481. The standard InChI is InChI=1S/C30H34FN3O3/c1-20(28(35)33-16-13-24-10-5-6-15-32-24)37-25-12-11-21-14-17-34(29(36)30(2,3)4)27(26(21)19-25)22-8-7-9-23(31)18-22/h5-12,15,18-20,27H,13-14,16-17H2,1-4H3,(H,33,35)/t20-,27+/m1/s1. The second kappa shape index (κ2) is 11.1. The number of carbonyl (C=O) groups is 2. The van der Waals surface area contributed by atoms with E-state index >= 15 is 0 Å². The van der Waals surface area contributed by atoms with Crippen molar-refractivity contribution in [3.63, 3.8) is 0 Å². The Morgan fingerprint density at radius 1 is 1.14 bits per heavy atom. The molecule has 1 aliphatic rings. The highest BCUT2D eigenvalue weighted by molar-refractivity contribution is 5.83. The summed E-state index contributed by atoms with van der Waals surface area (Å²) in [4.78, 5) is 32.1. The van der Waals surface area contributed by atoms with Crippen LogP contribution in [0.15, 0.2) is 66.9 Å². The van der Waals surface area contributed by atoms with Crippen LogP contribution in [0.1, 0.15) is 56.1 Å². The fraction of sp³-hybridized carbons (Fsp3) is 0.367. The van der Waals surface area contributed by atoms with E-state index in [0.717, 1.165) is 16.8 Å². The van der Waals surface area contributed by atoms with E-state index < -0.39 is 17.6 Å². The first-order valence-corrected chi connectivity index (χ1v) is 12.7. The molecule has 0 aliphatic carbocycles. The topological polar surface area (TPSA) is 71.5 Å². The van der Waals surface area contributed by atoms with Crippen LogP contribution >= 0.6 is 0 Å². The summed E-state index contributed by atoms with van der Waals surface area (Å²) in [5.41, 5.74) is 2.99. The molecule has 4 rings (SSSR count). The van der Waals surface area contributed by atoms with Gasteiger partial charge in [0.2, 0.25) is 5.91 Å². The highest BCUT2D eigenvalue weighted by Crippen LogP contribution is 2.39. The Morgan fingerprint density at radius 3 is 2.65 bits per heavy atom. The lowest BCUT2D eigenvalue weighted by atomic mass is 9.85. The van der Waals surface area contributed by atoms with Gasteiger partial charge in [0.1, 0.15) is 11.6 Å². The highest BCUT2D eigenvalue weighted by Gasteiger charge is 2.37. The minimum atomic E-state index is -0.717. The van der Waals surface area contributed by atoms with Crippen molar-refractivity contribution in [3.05, 3.63) is 95.1 Å². The van der Waals surface area contributed by atoms with E-state index in [0.29, 0.717) is 37.2 Å². The molecule has 0 saturated carbocycles. The first-order chi connectivity index (χ1) is 17.6. The number of hydrogen-bond donors (Lipinski definition) is 1. The number of nitrogens with one attached hydrogen (secondary N) is 1. The van der Waals surface area contributed by atoms with E-state index in [4.69, 9.17) is 4.74 Å². The zero-order valence-corrected chi connectivity index (χ0v) is 21.8. The number of pyridine rings is 1. The van der Waals surface area contributed by atoms with Crippen LogP contribution < -0.4 is 10.1 Å². The largest absolute Gasteiger partial charge is 0.481 e. The van der Waals surface area contributed by atoms with Crippen molar-refractivity contribution in [1.82, 2.24) is 15.2 Å². The molecule has 0 saturated heterocycles. The van der Waals surface area contributed by atoms with Gasteiger partial charge in [-0.1, -0.05) is 45.0 Å². The van der Waals surface area contributed by atoms with Gasteiger partial charge in [-0.25, -0.2) is 4.39 Å². The average molecular weight is 504 g/mol. The Hall–Kier alpha value is -3.74. The maximum atomic E-state index is 14.2. The molecule has 0 bridgehead atoms. The van der Waals surface area contributed by atoms with Gasteiger partial charge in [0, 0.05) is 36.8 Å². The van der Waals surface area contributed by atoms with Gasteiger partial charge in [0.25, 0.3) is 5.91 Å². The number of halogens is 1. The molecule has 1 aliphatic heterocycles. The van der Waals surface area contributed by atoms with Crippen LogP contribution in [0.25, 0.3) is 0 Å². The minimum Gasteiger partial charge on any atom is -0.481 e. The summed E-state index contributed by atoms with van der Waals surface area (Å²) in [6, 6.07) is 17.3. The quantitative estimate of drug-likeness (QED) is 0.500. The summed E-state index contributed by atoms with van der Waals surface area (Å²) < 4.78 is 20.2. The lowest BCUT2D eigenvalue weighted by Gasteiger charge is -2.41. The zero-order chi connectivity index (χ0) is 26.6. The number of nitrogens with zero attached hydrogens (tertiary/aromatic N) is 2. The third-order valence-corrected chi connectivity index (χ3v) is 6.50. The lowest BCUT2D eigenvalue weighted by molar-refractivity contribution is -0.141. The van der Waals surface area contributed by atoms with Gasteiger partial charge in [0.15, 0.2) is 6.10 Å². The Balaban J connectivity index is 1.54. The first kappa shape index (κ1) is 26.3. The second-order valence-corrected chi connectivity index (χ2v) is 10.4. The van der Waals surface area contributed by atoms with Crippen LogP contribution in [0.5, 0.6) is 5.75 Å². The molecular weight excluding hydrogens is 469 g/mol. The number of benzene rings is 2. The molecule has 1 N–H and O–H groups in total. The average Bonchev–Trinajstić information content (AvgIpc) is 2.87. The Bertz CT molecular complexity index is 1260. The number of hydrogen-bond acceptors (Lipinski definition) is 4. The van der Waals surface area contributed by atoms with Crippen molar-refractivity contribution in [2.75, 3.05) is 13.1 Å². The number of amides is 2. The van der Waals surface area contributed by atoms with E-state index in [1.54, 1.807) is 19.2 Å². The van der Waals surface area contributed by atoms with Gasteiger partial charge in [-0.3, -0.25) is 14.6 Å². The molecule has 3 aromatic rings. The SMILES string of the molecule is C[C@@H](Oc1ccc2c(c1)[C@H](c1cccc(F)c1)N(C(=O)C(C)(C)C)CC2)C(=O)NCCc1ccccn1. The van der Waals surface area contributed by atoms with Crippen LogP contribution in [-0.4, -0.2) is 40.9 Å². The maximum Gasteiger partial charge on any atom is 0.260 e. The lowest BCUT2D eigenvalue weighted by Crippen LogP contribution is -2.45. The zero-order valence-electron chi connectivity index (χ0n) is 21.8. The molecule has 0 unspecified atom stereocenters. The van der Waals surface area contributed by atoms with E-state index in [1.165, 1.54) is 12.1 Å². The van der Waals surface area contributed by atoms with E-state index in [-0.39, 0.29) is 17.6 Å². The molecule has 2 aromatic carbocycles. The summed E-state index contributed by atoms with van der Waals surface area (Å²) in [7, 11) is 0. The molecule has 0 radical (unpaired) electrons. The smallest absolute Gasteiger partial charge is 0.260 e. The van der Waals surface area contributed by atoms with Crippen molar-refractivity contribution >= 4 is 11.8 Å². The van der Waals surface area contributed by atoms with E-state index in [1.807, 2.05) is 68.1 Å². The predicted molar refractivity (Wildman–Crippen MR) is 141 cm³/mol. The molecular formula is C30H34FN3O3. The minimum absolute atomic E-state index is 0.000570. The summed E-state index contributed by atoms with van der Waals surface area (Å²) >= 11 is 0. The van der Waals surface area contributed by atoms with Gasteiger partial charge >= 0.3 is 0 Å². The number of carbonyl (C=O) groups excluding carboxylic acids is 2. The van der Waals surface area contributed by atoms with Crippen molar-refractivity contribution in [1.29, 1.82) is 0 Å². The van der Waals surface area contributed by atoms with Crippen LogP contribution in [0.4, 0.5) is 4.39 Å². The van der Waals surface area contributed by atoms with Crippen LogP contribution in [-0.2, 0) is 22.4 Å². The fourth-order valence-electron chi connectivity index (χ4n) is 4.61. The number of rotatable bonds is 7. The van der Waals surface area contributed by atoms with Crippen LogP contribution in [0.2, 0.25) is 0 Å². The molecule has 7 heteroatoms. The molecule has 1 aromatic heterocycles. The third kappa shape index (κ3) is 6.34. The molecule has 37 heavy (non-hydrogen) atoms. The van der Waals surface area contributed by atoms with Gasteiger partial charge < -0.3 is 15.0 Å². The summed E-state index contributed by atoms with van der Waals surface area (Å²) in [5, 5.41) is 2.89. The van der Waals surface area contributed by atoms with Crippen molar-refractivity contribution in [3.8, 4) is 5.75 Å². The maximum absolute atomic E-state index is 14.2. The highest BCUT2D eigenvalue weighted by atomic mass is 19.1. The van der Waals surface area contributed by atoms with Gasteiger partial charge in [-0.2, -0.15) is 0 Å². The summed E-state index contributed by atoms with van der Waals surface area (Å²) in [6.45, 7) is 8.37. The molecule has 2 amide bonds. The van der Waals surface area contributed by atoms with E-state index in [9.17, 15) is 14.0 Å². The van der Waals surface area contributed by atoms with Gasteiger partial charge in [-0.15, -0.1) is 0 Å². The Morgan fingerprint density at radius 2 is 1.95 bits per heavy atom. The van der Waals surface area contributed by atoms with Gasteiger partial charge in [-0.05, 0) is 66.4 Å². The molecule has 2 atom stereocenters. The first-order valence-electron chi connectivity index (χ1n) is 12.7. The van der Waals surface area contributed by atoms with Crippen molar-refractivity contribution in [2.45, 2.75) is 52.7 Å². The normalized spacial score (nSPS) is 16.0. The molecule has 6 nitrogen and oxygen atoms in total. The Kier molecular flexibility index (Phi) is 7.91. The number of aromatic nitrogens is 1. The molecule has 0 spiro atoms. The fourth-order valence-corrected chi connectivity index (χ4v) is 4.61. The van der Waals surface area contributed by atoms with Crippen LogP contribution in [0, 0.1) is 11.2 Å². The molecule has 0 fully saturated rings. The number of fused-ring (bicyclic) bond motifs is 1. The van der Waals surface area contributed by atoms with E-state index in [2.05, 4.69) is 10.3 Å². The van der Waals surface area contributed by atoms with Crippen molar-refractivity contribution < 1.29 is 18.7 Å². The van der Waals surface area contributed by atoms with Gasteiger partial charge in [0.05, 0.1) is 6.04 Å². The molecule has 194 valence electrons.